The van der Waals surface area contributed by atoms with Crippen molar-refractivity contribution in [2.75, 3.05) is 6.54 Å². The third-order valence-electron chi connectivity index (χ3n) is 5.08. The predicted molar refractivity (Wildman–Crippen MR) is 87.4 cm³/mol. The normalized spacial score (nSPS) is 27.5. The van der Waals surface area contributed by atoms with E-state index in [1.54, 1.807) is 0 Å². The lowest BCUT2D eigenvalue weighted by molar-refractivity contribution is -0.0567. The molecule has 1 aromatic carbocycles. The van der Waals surface area contributed by atoms with Gasteiger partial charge in [-0.15, -0.1) is 0 Å². The van der Waals surface area contributed by atoms with Gasteiger partial charge in [0.25, 0.3) is 0 Å². The van der Waals surface area contributed by atoms with Crippen molar-refractivity contribution in [2.24, 2.45) is 5.92 Å². The second-order valence-corrected chi connectivity index (χ2v) is 6.96. The van der Waals surface area contributed by atoms with E-state index < -0.39 is 0 Å². The lowest BCUT2D eigenvalue weighted by Crippen LogP contribution is -2.32. The van der Waals surface area contributed by atoms with Crippen molar-refractivity contribution in [3.8, 4) is 0 Å². The highest BCUT2D eigenvalue weighted by atomic mass is 16.5. The summed E-state index contributed by atoms with van der Waals surface area (Å²) in [7, 11) is 0. The lowest BCUT2D eigenvalue weighted by Gasteiger charge is -2.33. The van der Waals surface area contributed by atoms with E-state index in [-0.39, 0.29) is 6.10 Å². The molecule has 0 heterocycles. The molecule has 2 saturated carbocycles. The van der Waals surface area contributed by atoms with Crippen molar-refractivity contribution in [2.45, 2.75) is 70.6 Å². The van der Waals surface area contributed by atoms with Crippen LogP contribution in [0, 0.1) is 12.8 Å². The topological polar surface area (TPSA) is 21.3 Å². The quantitative estimate of drug-likeness (QED) is 0.838. The maximum Gasteiger partial charge on any atom is 0.0955 e. The Balaban J connectivity index is 1.70. The Labute approximate surface area is 129 Å². The molecule has 1 aromatic rings. The van der Waals surface area contributed by atoms with Gasteiger partial charge in [-0.2, -0.15) is 0 Å². The van der Waals surface area contributed by atoms with Crippen LogP contribution in [0.25, 0.3) is 0 Å². The zero-order chi connectivity index (χ0) is 14.7. The first kappa shape index (κ1) is 15.1. The van der Waals surface area contributed by atoms with Crippen LogP contribution < -0.4 is 5.32 Å². The summed E-state index contributed by atoms with van der Waals surface area (Å²) in [6, 6.07) is 9.44. The van der Waals surface area contributed by atoms with E-state index in [2.05, 4.69) is 43.4 Å². The zero-order valence-corrected chi connectivity index (χ0v) is 13.5. The molecule has 3 rings (SSSR count). The van der Waals surface area contributed by atoms with Gasteiger partial charge >= 0.3 is 0 Å². The van der Waals surface area contributed by atoms with Gasteiger partial charge in [0.15, 0.2) is 0 Å². The first-order valence-corrected chi connectivity index (χ1v) is 8.68. The molecular weight excluding hydrogens is 258 g/mol. The van der Waals surface area contributed by atoms with E-state index in [0.29, 0.717) is 12.0 Å². The minimum absolute atomic E-state index is 0.206. The SMILES string of the molecule is Cc1ccccc1C(CNC1CC1)OC1CCCCC1C. The Morgan fingerprint density at radius 3 is 2.62 bits per heavy atom. The summed E-state index contributed by atoms with van der Waals surface area (Å²) in [5.74, 6) is 0.700. The van der Waals surface area contributed by atoms with Gasteiger partial charge < -0.3 is 10.1 Å². The molecule has 2 aliphatic carbocycles. The summed E-state index contributed by atoms with van der Waals surface area (Å²) in [4.78, 5) is 0. The minimum atomic E-state index is 0.206. The molecule has 2 fully saturated rings. The molecule has 0 amide bonds. The molecule has 0 aliphatic heterocycles. The Hall–Kier alpha value is -0.860. The van der Waals surface area contributed by atoms with Crippen molar-refractivity contribution in [3.63, 3.8) is 0 Å². The monoisotopic (exact) mass is 287 g/mol. The van der Waals surface area contributed by atoms with E-state index in [9.17, 15) is 0 Å². The van der Waals surface area contributed by atoms with E-state index >= 15 is 0 Å². The highest BCUT2D eigenvalue weighted by molar-refractivity contribution is 5.28. The maximum atomic E-state index is 6.59. The van der Waals surface area contributed by atoms with Gasteiger partial charge in [-0.3, -0.25) is 0 Å². The number of hydrogen-bond acceptors (Lipinski definition) is 2. The molecule has 0 aromatic heterocycles. The van der Waals surface area contributed by atoms with Crippen LogP contribution >= 0.6 is 0 Å². The molecule has 2 heteroatoms. The summed E-state index contributed by atoms with van der Waals surface area (Å²) in [6.45, 7) is 5.51. The molecule has 0 saturated heterocycles. The Kier molecular flexibility index (Phi) is 4.97. The van der Waals surface area contributed by atoms with Crippen LogP contribution in [0.1, 0.15) is 62.7 Å². The largest absolute Gasteiger partial charge is 0.369 e. The van der Waals surface area contributed by atoms with E-state index in [0.717, 1.165) is 12.6 Å². The molecule has 2 nitrogen and oxygen atoms in total. The van der Waals surface area contributed by atoms with Gasteiger partial charge in [-0.05, 0) is 49.7 Å². The molecule has 21 heavy (non-hydrogen) atoms. The van der Waals surface area contributed by atoms with Crippen LogP contribution in [0.3, 0.4) is 0 Å². The highest BCUT2D eigenvalue weighted by Crippen LogP contribution is 2.32. The van der Waals surface area contributed by atoms with Crippen molar-refractivity contribution >= 4 is 0 Å². The third kappa shape index (κ3) is 4.08. The molecule has 1 N–H and O–H groups in total. The molecule has 3 atom stereocenters. The average molecular weight is 287 g/mol. The molecular formula is C19H29NO. The number of benzene rings is 1. The van der Waals surface area contributed by atoms with E-state index in [1.807, 2.05) is 0 Å². The number of hydrogen-bond donors (Lipinski definition) is 1. The second-order valence-electron chi connectivity index (χ2n) is 6.96. The smallest absolute Gasteiger partial charge is 0.0955 e. The van der Waals surface area contributed by atoms with Gasteiger partial charge in [-0.25, -0.2) is 0 Å². The summed E-state index contributed by atoms with van der Waals surface area (Å²) in [5, 5.41) is 3.66. The molecule has 3 unspecified atom stereocenters. The van der Waals surface area contributed by atoms with Crippen LogP contribution in [0.15, 0.2) is 24.3 Å². The van der Waals surface area contributed by atoms with Gasteiger partial charge in [0, 0.05) is 12.6 Å². The molecule has 116 valence electrons. The number of rotatable bonds is 6. The standard InChI is InChI=1S/C19H29NO/c1-14-7-3-5-9-17(14)19(13-20-16-11-12-16)21-18-10-6-4-8-15(18)2/h3,5,7,9,15-16,18-20H,4,6,8,10-13H2,1-2H3. The predicted octanol–water partition coefficient (Wildman–Crippen LogP) is 4.38. The third-order valence-corrected chi connectivity index (χ3v) is 5.08. The summed E-state index contributed by atoms with van der Waals surface area (Å²) < 4.78 is 6.59. The number of aryl methyl sites for hydroxylation is 1. The molecule has 2 aliphatic rings. The average Bonchev–Trinajstić information content (AvgIpc) is 3.30. The van der Waals surface area contributed by atoms with Crippen molar-refractivity contribution in [3.05, 3.63) is 35.4 Å². The van der Waals surface area contributed by atoms with Crippen molar-refractivity contribution < 1.29 is 4.74 Å². The zero-order valence-electron chi connectivity index (χ0n) is 13.5. The van der Waals surface area contributed by atoms with Crippen molar-refractivity contribution in [1.82, 2.24) is 5.32 Å². The van der Waals surface area contributed by atoms with Crippen LogP contribution in [-0.4, -0.2) is 18.7 Å². The van der Waals surface area contributed by atoms with Gasteiger partial charge in [0.2, 0.25) is 0 Å². The first-order chi connectivity index (χ1) is 10.2. The van der Waals surface area contributed by atoms with Gasteiger partial charge in [0.05, 0.1) is 12.2 Å². The van der Waals surface area contributed by atoms with E-state index in [4.69, 9.17) is 4.74 Å². The maximum absolute atomic E-state index is 6.59. The van der Waals surface area contributed by atoms with Crippen LogP contribution in [-0.2, 0) is 4.74 Å². The Morgan fingerprint density at radius 1 is 1.14 bits per heavy atom. The Bertz CT molecular complexity index is 455. The Morgan fingerprint density at radius 2 is 1.90 bits per heavy atom. The summed E-state index contributed by atoms with van der Waals surface area (Å²) >= 11 is 0. The number of ether oxygens (including phenoxy) is 1. The lowest BCUT2D eigenvalue weighted by atomic mass is 9.87. The molecule has 0 spiro atoms. The molecule has 0 bridgehead atoms. The minimum Gasteiger partial charge on any atom is -0.369 e. The fourth-order valence-corrected chi connectivity index (χ4v) is 3.44. The summed E-state index contributed by atoms with van der Waals surface area (Å²) in [5.41, 5.74) is 2.71. The highest BCUT2D eigenvalue weighted by Gasteiger charge is 2.28. The number of nitrogens with one attached hydrogen (secondary N) is 1. The molecule has 0 radical (unpaired) electrons. The fourth-order valence-electron chi connectivity index (χ4n) is 3.44. The van der Waals surface area contributed by atoms with Gasteiger partial charge in [-0.1, -0.05) is 44.0 Å². The van der Waals surface area contributed by atoms with Crippen molar-refractivity contribution in [1.29, 1.82) is 0 Å². The van der Waals surface area contributed by atoms with Crippen LogP contribution in [0.4, 0.5) is 0 Å². The van der Waals surface area contributed by atoms with Crippen LogP contribution in [0.5, 0.6) is 0 Å². The van der Waals surface area contributed by atoms with Crippen LogP contribution in [0.2, 0.25) is 0 Å². The summed E-state index contributed by atoms with van der Waals surface area (Å²) in [6.07, 6.45) is 8.55. The van der Waals surface area contributed by atoms with Gasteiger partial charge in [0.1, 0.15) is 0 Å². The second kappa shape index (κ2) is 6.93. The van der Waals surface area contributed by atoms with E-state index in [1.165, 1.54) is 49.7 Å². The fraction of sp³-hybridized carbons (Fsp3) is 0.684. The first-order valence-electron chi connectivity index (χ1n) is 8.68.